The van der Waals surface area contributed by atoms with Crippen LogP contribution in [0.25, 0.3) is 0 Å². The van der Waals surface area contributed by atoms with Crippen LogP contribution in [0.4, 0.5) is 4.39 Å². The predicted molar refractivity (Wildman–Crippen MR) is 120 cm³/mol. The third-order valence-electron chi connectivity index (χ3n) is 6.40. The summed E-state index contributed by atoms with van der Waals surface area (Å²) in [6, 6.07) is 5.51. The summed E-state index contributed by atoms with van der Waals surface area (Å²) >= 11 is 0. The number of benzene rings is 1. The Balaban J connectivity index is 1.98. The van der Waals surface area contributed by atoms with E-state index in [-0.39, 0.29) is 29.8 Å². The number of Topliss-reactive ketones (excluding diaryl/α,β-unsaturated/α-hetero) is 1. The van der Waals surface area contributed by atoms with Crippen molar-refractivity contribution in [1.82, 2.24) is 9.47 Å². The van der Waals surface area contributed by atoms with Crippen LogP contribution in [0.5, 0.6) is 0 Å². The van der Waals surface area contributed by atoms with Gasteiger partial charge < -0.3 is 14.2 Å². The van der Waals surface area contributed by atoms with Gasteiger partial charge >= 0.3 is 5.97 Å². The summed E-state index contributed by atoms with van der Waals surface area (Å²) in [4.78, 5) is 40.8. The molecule has 1 saturated carbocycles. The number of amides is 1. The largest absolute Gasteiger partial charge is 0.464 e. The lowest BCUT2D eigenvalue weighted by molar-refractivity contribution is 0.0584. The smallest absolute Gasteiger partial charge is 0.354 e. The topological polar surface area (TPSA) is 68.6 Å². The molecule has 0 aliphatic heterocycles. The van der Waals surface area contributed by atoms with E-state index in [1.165, 1.54) is 25.3 Å². The first kappa shape index (κ1) is 23.7. The van der Waals surface area contributed by atoms with Crippen LogP contribution in [0, 0.1) is 19.7 Å². The van der Waals surface area contributed by atoms with Gasteiger partial charge in [0.25, 0.3) is 5.91 Å². The Morgan fingerprint density at radius 3 is 2.44 bits per heavy atom. The fraction of sp³-hybridized carbons (Fsp3) is 0.480. The number of carbonyl (C=O) groups is 3. The van der Waals surface area contributed by atoms with Crippen molar-refractivity contribution in [2.24, 2.45) is 0 Å². The van der Waals surface area contributed by atoms with Gasteiger partial charge in [-0.1, -0.05) is 25.3 Å². The van der Waals surface area contributed by atoms with E-state index in [2.05, 4.69) is 0 Å². The second-order valence-corrected chi connectivity index (χ2v) is 8.33. The predicted octanol–water partition coefficient (Wildman–Crippen LogP) is 4.71. The summed E-state index contributed by atoms with van der Waals surface area (Å²) < 4.78 is 20.5. The molecule has 1 heterocycles. The number of methoxy groups -OCH3 is 1. The molecule has 7 heteroatoms. The molecule has 1 aromatic heterocycles. The van der Waals surface area contributed by atoms with Gasteiger partial charge in [-0.2, -0.15) is 0 Å². The van der Waals surface area contributed by atoms with Crippen LogP contribution >= 0.6 is 0 Å². The van der Waals surface area contributed by atoms with Crippen molar-refractivity contribution in [2.45, 2.75) is 65.5 Å². The molecule has 1 aromatic carbocycles. The van der Waals surface area contributed by atoms with E-state index in [0.29, 0.717) is 29.1 Å². The highest BCUT2D eigenvalue weighted by molar-refractivity contribution is 6.06. The minimum atomic E-state index is -0.494. The molecular formula is C25H31FN2O4. The highest BCUT2D eigenvalue weighted by atomic mass is 19.1. The molecule has 172 valence electrons. The van der Waals surface area contributed by atoms with Crippen LogP contribution < -0.4 is 0 Å². The zero-order valence-electron chi connectivity index (χ0n) is 19.2. The number of nitrogens with zero attached hydrogens (tertiary/aromatic N) is 2. The van der Waals surface area contributed by atoms with E-state index in [9.17, 15) is 18.8 Å². The van der Waals surface area contributed by atoms with Crippen molar-refractivity contribution in [3.8, 4) is 0 Å². The third-order valence-corrected chi connectivity index (χ3v) is 6.40. The normalized spacial score (nSPS) is 14.3. The molecule has 0 radical (unpaired) electrons. The number of aromatic nitrogens is 1. The highest BCUT2D eigenvalue weighted by Gasteiger charge is 2.32. The van der Waals surface area contributed by atoms with Gasteiger partial charge in [0.2, 0.25) is 0 Å². The molecule has 0 bridgehead atoms. The van der Waals surface area contributed by atoms with Gasteiger partial charge in [-0.25, -0.2) is 9.18 Å². The Morgan fingerprint density at radius 2 is 1.84 bits per heavy atom. The zero-order chi connectivity index (χ0) is 23.4. The molecule has 1 fully saturated rings. The summed E-state index contributed by atoms with van der Waals surface area (Å²) in [7, 11) is 1.31. The van der Waals surface area contributed by atoms with Crippen LogP contribution in [-0.2, 0) is 11.3 Å². The van der Waals surface area contributed by atoms with Crippen LogP contribution in [0.1, 0.15) is 81.5 Å². The van der Waals surface area contributed by atoms with Crippen LogP contribution in [0.3, 0.4) is 0 Å². The number of hydrogen-bond donors (Lipinski definition) is 0. The molecule has 1 aliphatic rings. The number of esters is 1. The van der Waals surface area contributed by atoms with E-state index in [1.807, 2.05) is 6.92 Å². The molecule has 0 atom stereocenters. The Hall–Kier alpha value is -2.96. The van der Waals surface area contributed by atoms with Crippen molar-refractivity contribution in [1.29, 1.82) is 0 Å². The van der Waals surface area contributed by atoms with Crippen molar-refractivity contribution in [2.75, 3.05) is 13.7 Å². The van der Waals surface area contributed by atoms with Gasteiger partial charge in [-0.15, -0.1) is 0 Å². The number of ketones is 1. The Bertz CT molecular complexity index is 1020. The minimum absolute atomic E-state index is 0.0718. The summed E-state index contributed by atoms with van der Waals surface area (Å²) in [6.07, 6.45) is 4.71. The SMILES string of the molecule is CCn1c(C)c(C(=O)CN(C(=O)c2cccc(F)c2)C2CCCCC2)c(C)c1C(=O)OC. The number of halogens is 1. The first-order valence-electron chi connectivity index (χ1n) is 11.2. The number of ether oxygens (including phenoxy) is 1. The van der Waals surface area contributed by atoms with Gasteiger partial charge in [0.1, 0.15) is 11.5 Å². The molecule has 3 rings (SSSR count). The monoisotopic (exact) mass is 442 g/mol. The molecule has 1 amide bonds. The molecule has 0 unspecified atom stereocenters. The van der Waals surface area contributed by atoms with Crippen molar-refractivity contribution in [3.63, 3.8) is 0 Å². The van der Waals surface area contributed by atoms with Gasteiger partial charge in [0.05, 0.1) is 13.7 Å². The second-order valence-electron chi connectivity index (χ2n) is 8.33. The standard InChI is InChI=1S/C25H31FN2O4/c1-5-27-17(3)22(16(2)23(27)25(31)32-4)21(29)15-28(20-12-7-6-8-13-20)24(30)18-10-9-11-19(26)14-18/h9-11,14,20H,5-8,12-13,15H2,1-4H3. The van der Waals surface area contributed by atoms with E-state index < -0.39 is 11.8 Å². The second kappa shape index (κ2) is 10.1. The summed E-state index contributed by atoms with van der Waals surface area (Å²) in [5, 5.41) is 0. The molecule has 0 spiro atoms. The Labute approximate surface area is 188 Å². The first-order valence-corrected chi connectivity index (χ1v) is 11.2. The maximum absolute atomic E-state index is 13.8. The lowest BCUT2D eigenvalue weighted by atomic mass is 9.93. The first-order chi connectivity index (χ1) is 15.3. The maximum atomic E-state index is 13.8. The van der Waals surface area contributed by atoms with E-state index in [4.69, 9.17) is 4.74 Å². The number of carbonyl (C=O) groups excluding carboxylic acids is 3. The van der Waals surface area contributed by atoms with E-state index in [0.717, 1.165) is 32.1 Å². The van der Waals surface area contributed by atoms with Crippen molar-refractivity contribution < 1.29 is 23.5 Å². The van der Waals surface area contributed by atoms with Gasteiger partial charge in [0.15, 0.2) is 5.78 Å². The fourth-order valence-corrected chi connectivity index (χ4v) is 4.84. The maximum Gasteiger partial charge on any atom is 0.354 e. The molecule has 2 aromatic rings. The Morgan fingerprint density at radius 1 is 1.16 bits per heavy atom. The number of rotatable bonds is 7. The molecule has 0 N–H and O–H groups in total. The number of hydrogen-bond acceptors (Lipinski definition) is 4. The van der Waals surface area contributed by atoms with Gasteiger partial charge in [-0.3, -0.25) is 9.59 Å². The molecule has 32 heavy (non-hydrogen) atoms. The average molecular weight is 443 g/mol. The lowest BCUT2D eigenvalue weighted by Crippen LogP contribution is -2.44. The van der Waals surface area contributed by atoms with Gasteiger partial charge in [-0.05, 0) is 57.4 Å². The molecule has 1 aliphatic carbocycles. The summed E-state index contributed by atoms with van der Waals surface area (Å²) in [6.45, 7) is 5.83. The van der Waals surface area contributed by atoms with Crippen LogP contribution in [0.15, 0.2) is 24.3 Å². The summed E-state index contributed by atoms with van der Waals surface area (Å²) in [5.41, 5.74) is 2.27. The average Bonchev–Trinajstić information content (AvgIpc) is 3.06. The van der Waals surface area contributed by atoms with E-state index in [1.54, 1.807) is 29.4 Å². The third kappa shape index (κ3) is 4.61. The fourth-order valence-electron chi connectivity index (χ4n) is 4.84. The van der Waals surface area contributed by atoms with Gasteiger partial charge in [0, 0.05) is 29.4 Å². The van der Waals surface area contributed by atoms with Crippen LogP contribution in [0.2, 0.25) is 0 Å². The quantitative estimate of drug-likeness (QED) is 0.460. The molecule has 0 saturated heterocycles. The molecular weight excluding hydrogens is 411 g/mol. The summed E-state index contributed by atoms with van der Waals surface area (Å²) in [5.74, 6) is -1.55. The van der Waals surface area contributed by atoms with E-state index >= 15 is 0 Å². The van der Waals surface area contributed by atoms with Crippen LogP contribution in [-0.4, -0.2) is 46.8 Å². The zero-order valence-corrected chi connectivity index (χ0v) is 19.2. The van der Waals surface area contributed by atoms with Crippen molar-refractivity contribution in [3.05, 3.63) is 58.2 Å². The lowest BCUT2D eigenvalue weighted by Gasteiger charge is -2.34. The Kier molecular flexibility index (Phi) is 7.48. The van der Waals surface area contributed by atoms with Crippen molar-refractivity contribution >= 4 is 17.7 Å². The highest BCUT2D eigenvalue weighted by Crippen LogP contribution is 2.27. The minimum Gasteiger partial charge on any atom is -0.464 e. The molecule has 6 nitrogen and oxygen atoms in total.